The Labute approximate surface area is 106 Å². The third-order valence-corrected chi connectivity index (χ3v) is 3.33. The maximum absolute atomic E-state index is 12.2. The molecule has 4 nitrogen and oxygen atoms in total. The summed E-state index contributed by atoms with van der Waals surface area (Å²) in [6.45, 7) is 7.12. The summed E-state index contributed by atoms with van der Waals surface area (Å²) in [7, 11) is 0. The van der Waals surface area contributed by atoms with Gasteiger partial charge >= 0.3 is 0 Å². The van der Waals surface area contributed by atoms with Crippen LogP contribution in [0.4, 0.5) is 0 Å². The molecule has 0 N–H and O–H groups in total. The third-order valence-electron chi connectivity index (χ3n) is 3.33. The Hall–Kier alpha value is -1.84. The van der Waals surface area contributed by atoms with Crippen molar-refractivity contribution in [1.82, 2.24) is 0 Å². The topological polar surface area (TPSA) is 68.3 Å². The van der Waals surface area contributed by atoms with Crippen LogP contribution in [0.2, 0.25) is 0 Å². The molecule has 0 atom stereocenters. The molecule has 0 aromatic rings. The number of ketones is 4. The fourth-order valence-electron chi connectivity index (χ4n) is 2.16. The number of rotatable bonds is 3. The first-order valence-corrected chi connectivity index (χ1v) is 5.68. The van der Waals surface area contributed by atoms with Crippen molar-refractivity contribution in [3.63, 3.8) is 0 Å². The van der Waals surface area contributed by atoms with E-state index >= 15 is 0 Å². The molecule has 0 bridgehead atoms. The fraction of sp³-hybridized carbons (Fsp3) is 0.429. The van der Waals surface area contributed by atoms with Crippen molar-refractivity contribution in [2.45, 2.75) is 34.6 Å². The standard InChI is InChI=1S/C14H16O4/c1-6-7(2)14(18)11(8(3)13(6)17)12(9(4)15)10(5)16/h12H,1-5H3. The molecule has 0 heterocycles. The van der Waals surface area contributed by atoms with Crippen molar-refractivity contribution < 1.29 is 19.2 Å². The van der Waals surface area contributed by atoms with Gasteiger partial charge in [0.15, 0.2) is 11.6 Å². The van der Waals surface area contributed by atoms with Crippen LogP contribution in [-0.4, -0.2) is 23.1 Å². The lowest BCUT2D eigenvalue weighted by molar-refractivity contribution is -0.130. The van der Waals surface area contributed by atoms with Gasteiger partial charge in [-0.3, -0.25) is 19.2 Å². The van der Waals surface area contributed by atoms with Crippen LogP contribution in [0.15, 0.2) is 22.3 Å². The quantitative estimate of drug-likeness (QED) is 0.561. The van der Waals surface area contributed by atoms with Gasteiger partial charge in [-0.05, 0) is 34.6 Å². The lowest BCUT2D eigenvalue weighted by Gasteiger charge is -2.22. The summed E-state index contributed by atoms with van der Waals surface area (Å²) < 4.78 is 0. The van der Waals surface area contributed by atoms with Gasteiger partial charge in [-0.25, -0.2) is 0 Å². The zero-order chi connectivity index (χ0) is 14.2. The van der Waals surface area contributed by atoms with Crippen LogP contribution in [0.5, 0.6) is 0 Å². The largest absolute Gasteiger partial charge is 0.299 e. The summed E-state index contributed by atoms with van der Waals surface area (Å²) in [6.07, 6.45) is 0. The van der Waals surface area contributed by atoms with Gasteiger partial charge in [0.25, 0.3) is 0 Å². The number of allylic oxidation sites excluding steroid dienone is 4. The SMILES string of the molecule is CC(=O)C(C(C)=O)C1=C(C)C(=O)C(C)=C(C)C1=O. The molecule has 1 rings (SSSR count). The minimum Gasteiger partial charge on any atom is -0.299 e. The van der Waals surface area contributed by atoms with Gasteiger partial charge in [0, 0.05) is 22.3 Å². The maximum Gasteiger partial charge on any atom is 0.186 e. The van der Waals surface area contributed by atoms with Crippen LogP contribution in [0.3, 0.4) is 0 Å². The van der Waals surface area contributed by atoms with E-state index in [2.05, 4.69) is 0 Å². The first-order chi connectivity index (χ1) is 8.20. The molecule has 0 aromatic carbocycles. The molecule has 0 unspecified atom stereocenters. The van der Waals surface area contributed by atoms with Crippen LogP contribution in [0.1, 0.15) is 34.6 Å². The van der Waals surface area contributed by atoms with Crippen LogP contribution in [-0.2, 0) is 19.2 Å². The van der Waals surface area contributed by atoms with Crippen molar-refractivity contribution in [3.8, 4) is 0 Å². The molecule has 4 heteroatoms. The van der Waals surface area contributed by atoms with E-state index in [4.69, 9.17) is 0 Å². The number of carbonyl (C=O) groups is 4. The highest BCUT2D eigenvalue weighted by molar-refractivity contribution is 6.28. The normalized spacial score (nSPS) is 16.8. The average Bonchev–Trinajstić information content (AvgIpc) is 2.28. The second kappa shape index (κ2) is 4.80. The number of Topliss-reactive ketones (excluding diaryl/α,β-unsaturated/α-hetero) is 4. The highest BCUT2D eigenvalue weighted by atomic mass is 16.2. The smallest absolute Gasteiger partial charge is 0.186 e. The van der Waals surface area contributed by atoms with Gasteiger partial charge in [-0.2, -0.15) is 0 Å². The Morgan fingerprint density at radius 1 is 0.778 bits per heavy atom. The van der Waals surface area contributed by atoms with Crippen LogP contribution in [0, 0.1) is 5.92 Å². The molecule has 0 radical (unpaired) electrons. The molecule has 0 spiro atoms. The molecule has 1 aliphatic carbocycles. The van der Waals surface area contributed by atoms with E-state index in [1.807, 2.05) is 0 Å². The molecule has 18 heavy (non-hydrogen) atoms. The van der Waals surface area contributed by atoms with Crippen molar-refractivity contribution in [2.75, 3.05) is 0 Å². The lowest BCUT2D eigenvalue weighted by Crippen LogP contribution is -2.32. The van der Waals surface area contributed by atoms with Crippen molar-refractivity contribution in [2.24, 2.45) is 5.92 Å². The van der Waals surface area contributed by atoms with Gasteiger partial charge in [-0.1, -0.05) is 0 Å². The maximum atomic E-state index is 12.2. The summed E-state index contributed by atoms with van der Waals surface area (Å²) in [5.74, 6) is -2.59. The van der Waals surface area contributed by atoms with E-state index in [0.29, 0.717) is 11.1 Å². The molecule has 96 valence electrons. The summed E-state index contributed by atoms with van der Waals surface area (Å²) in [6, 6.07) is 0. The number of hydrogen-bond donors (Lipinski definition) is 0. The Morgan fingerprint density at radius 3 is 1.56 bits per heavy atom. The van der Waals surface area contributed by atoms with Crippen molar-refractivity contribution in [3.05, 3.63) is 22.3 Å². The van der Waals surface area contributed by atoms with Gasteiger partial charge in [-0.15, -0.1) is 0 Å². The van der Waals surface area contributed by atoms with Crippen molar-refractivity contribution in [1.29, 1.82) is 0 Å². The van der Waals surface area contributed by atoms with Gasteiger partial charge in [0.2, 0.25) is 0 Å². The zero-order valence-electron chi connectivity index (χ0n) is 11.2. The highest BCUT2D eigenvalue weighted by Gasteiger charge is 2.36. The second-order valence-electron chi connectivity index (χ2n) is 4.60. The fourth-order valence-corrected chi connectivity index (χ4v) is 2.16. The molecular weight excluding hydrogens is 232 g/mol. The first-order valence-electron chi connectivity index (χ1n) is 5.68. The first kappa shape index (κ1) is 14.2. The minimum atomic E-state index is -1.12. The summed E-state index contributed by atoms with van der Waals surface area (Å²) >= 11 is 0. The molecule has 0 saturated heterocycles. The third kappa shape index (κ3) is 2.10. The minimum absolute atomic E-state index is 0.0445. The van der Waals surface area contributed by atoms with Crippen LogP contribution >= 0.6 is 0 Å². The molecule has 0 amide bonds. The van der Waals surface area contributed by atoms with Gasteiger partial charge in [0.05, 0.1) is 0 Å². The Bertz CT molecular complexity index is 518. The second-order valence-corrected chi connectivity index (χ2v) is 4.60. The van der Waals surface area contributed by atoms with Gasteiger partial charge in [0.1, 0.15) is 17.5 Å². The summed E-state index contributed by atoms with van der Waals surface area (Å²) in [5, 5.41) is 0. The molecule has 0 saturated carbocycles. The van der Waals surface area contributed by atoms with E-state index < -0.39 is 17.5 Å². The summed E-state index contributed by atoms with van der Waals surface area (Å²) in [4.78, 5) is 47.2. The van der Waals surface area contributed by atoms with E-state index in [1.54, 1.807) is 13.8 Å². The average molecular weight is 248 g/mol. The molecule has 0 fully saturated rings. The van der Waals surface area contributed by atoms with Gasteiger partial charge < -0.3 is 0 Å². The van der Waals surface area contributed by atoms with E-state index in [-0.39, 0.29) is 22.7 Å². The zero-order valence-corrected chi connectivity index (χ0v) is 11.2. The molecular formula is C14H16O4. The number of hydrogen-bond acceptors (Lipinski definition) is 4. The summed E-state index contributed by atoms with van der Waals surface area (Å²) in [5.41, 5.74) is 0.946. The predicted octanol–water partition coefficient (Wildman–Crippen LogP) is 1.59. The van der Waals surface area contributed by atoms with E-state index in [1.165, 1.54) is 20.8 Å². The van der Waals surface area contributed by atoms with Crippen LogP contribution < -0.4 is 0 Å². The Balaban J connectivity index is 3.48. The van der Waals surface area contributed by atoms with Crippen molar-refractivity contribution >= 4 is 23.1 Å². The Kier molecular flexibility index (Phi) is 3.79. The Morgan fingerprint density at radius 2 is 1.17 bits per heavy atom. The van der Waals surface area contributed by atoms with Crippen LogP contribution in [0.25, 0.3) is 0 Å². The van der Waals surface area contributed by atoms with E-state index in [0.717, 1.165) is 0 Å². The lowest BCUT2D eigenvalue weighted by atomic mass is 9.77. The monoisotopic (exact) mass is 248 g/mol. The van der Waals surface area contributed by atoms with E-state index in [9.17, 15) is 19.2 Å². The predicted molar refractivity (Wildman–Crippen MR) is 65.9 cm³/mol. The molecule has 0 aliphatic heterocycles. The molecule has 0 aromatic heterocycles. The molecule has 1 aliphatic rings. The highest BCUT2D eigenvalue weighted by Crippen LogP contribution is 2.29. The number of carbonyl (C=O) groups excluding carboxylic acids is 4.